The average Bonchev–Trinajstić information content (AvgIpc) is 3.26. The lowest BCUT2D eigenvalue weighted by Gasteiger charge is -2.28. The number of rotatable bonds is 8. The number of halogens is 4. The molecule has 35 heavy (non-hydrogen) atoms. The Bertz CT molecular complexity index is 1340. The van der Waals surface area contributed by atoms with Crippen LogP contribution in [-0.4, -0.2) is 21.9 Å². The molecule has 0 radical (unpaired) electrons. The Balaban J connectivity index is 1.63. The molecule has 182 valence electrons. The molecule has 0 saturated heterocycles. The first-order valence-electron chi connectivity index (χ1n) is 11.0. The number of hydrogen-bond acceptors (Lipinski definition) is 3. The molecular weight excluding hydrogens is 526 g/mol. The maximum absolute atomic E-state index is 13.7. The molecule has 0 saturated carbocycles. The molecule has 8 heteroatoms. The summed E-state index contributed by atoms with van der Waals surface area (Å²) in [5.74, 6) is 1.02. The first kappa shape index (κ1) is 25.9. The standard InChI is InChI=1S/C27H24Cl3FN2OS/c1-17-4-10-22(29)24(14-17)34-12-13-35-26-32-16-25(33(26)20-8-6-19(31)7-9-20)27(2,3)18-5-11-21(28)23(30)15-18/h4-11,14-16H,12-13H2,1-3H3. The van der Waals surface area contributed by atoms with Gasteiger partial charge < -0.3 is 4.74 Å². The molecule has 0 fully saturated rings. The fourth-order valence-electron chi connectivity index (χ4n) is 3.76. The minimum Gasteiger partial charge on any atom is -0.491 e. The zero-order valence-electron chi connectivity index (χ0n) is 19.5. The second-order valence-corrected chi connectivity index (χ2v) is 10.9. The molecule has 0 N–H and O–H groups in total. The number of aromatic nitrogens is 2. The maximum atomic E-state index is 13.7. The summed E-state index contributed by atoms with van der Waals surface area (Å²) in [5.41, 5.74) is 3.37. The van der Waals surface area contributed by atoms with Crippen LogP contribution in [0.3, 0.4) is 0 Å². The molecule has 4 rings (SSSR count). The lowest BCUT2D eigenvalue weighted by molar-refractivity contribution is 0.344. The minimum atomic E-state index is -0.458. The molecule has 1 heterocycles. The molecule has 4 aromatic rings. The van der Waals surface area contributed by atoms with Crippen LogP contribution in [0.1, 0.15) is 30.7 Å². The van der Waals surface area contributed by atoms with Crippen LogP contribution >= 0.6 is 46.6 Å². The van der Waals surface area contributed by atoms with Crippen LogP contribution in [0.2, 0.25) is 15.1 Å². The molecule has 0 aliphatic rings. The van der Waals surface area contributed by atoms with E-state index >= 15 is 0 Å². The van der Waals surface area contributed by atoms with Gasteiger partial charge in [0.15, 0.2) is 5.16 Å². The summed E-state index contributed by atoms with van der Waals surface area (Å²) in [7, 11) is 0. The van der Waals surface area contributed by atoms with Crippen LogP contribution in [0, 0.1) is 12.7 Å². The van der Waals surface area contributed by atoms with E-state index < -0.39 is 5.41 Å². The lowest BCUT2D eigenvalue weighted by atomic mass is 9.81. The van der Waals surface area contributed by atoms with Gasteiger partial charge >= 0.3 is 0 Å². The molecule has 3 aromatic carbocycles. The minimum absolute atomic E-state index is 0.295. The fourth-order valence-corrected chi connectivity index (χ4v) is 5.04. The van der Waals surface area contributed by atoms with Crippen molar-refractivity contribution in [2.24, 2.45) is 0 Å². The number of ether oxygens (including phenoxy) is 1. The number of thioether (sulfide) groups is 1. The fraction of sp³-hybridized carbons (Fsp3) is 0.222. The van der Waals surface area contributed by atoms with Gasteiger partial charge in [-0.25, -0.2) is 9.37 Å². The second kappa shape index (κ2) is 10.8. The van der Waals surface area contributed by atoms with E-state index in [1.807, 2.05) is 48.0 Å². The summed E-state index contributed by atoms with van der Waals surface area (Å²) in [6.07, 6.45) is 1.85. The van der Waals surface area contributed by atoms with Crippen molar-refractivity contribution in [2.45, 2.75) is 31.3 Å². The third kappa shape index (κ3) is 5.80. The van der Waals surface area contributed by atoms with Gasteiger partial charge in [0.2, 0.25) is 0 Å². The van der Waals surface area contributed by atoms with E-state index in [0.29, 0.717) is 33.2 Å². The normalized spacial score (nSPS) is 11.6. The van der Waals surface area contributed by atoms with Gasteiger partial charge in [-0.05, 0) is 66.6 Å². The number of hydrogen-bond donors (Lipinski definition) is 0. The molecular formula is C27H24Cl3FN2OS. The van der Waals surface area contributed by atoms with Gasteiger partial charge in [0, 0.05) is 16.9 Å². The summed E-state index contributed by atoms with van der Waals surface area (Å²) in [4.78, 5) is 4.71. The van der Waals surface area contributed by atoms with Crippen LogP contribution in [0.4, 0.5) is 4.39 Å². The third-order valence-corrected chi connectivity index (χ3v) is 7.72. The van der Waals surface area contributed by atoms with Crippen molar-refractivity contribution in [1.82, 2.24) is 9.55 Å². The molecule has 0 amide bonds. The Morgan fingerprint density at radius 3 is 2.37 bits per heavy atom. The Hall–Kier alpha value is -2.18. The topological polar surface area (TPSA) is 27.1 Å². The van der Waals surface area contributed by atoms with E-state index in [4.69, 9.17) is 44.5 Å². The molecule has 0 atom stereocenters. The predicted octanol–water partition coefficient (Wildman–Crippen LogP) is 8.78. The van der Waals surface area contributed by atoms with Crippen molar-refractivity contribution in [3.8, 4) is 11.4 Å². The van der Waals surface area contributed by atoms with Crippen LogP contribution in [0.25, 0.3) is 5.69 Å². The molecule has 0 spiro atoms. The van der Waals surface area contributed by atoms with Gasteiger partial charge in [-0.3, -0.25) is 4.57 Å². The van der Waals surface area contributed by atoms with Gasteiger partial charge in [0.1, 0.15) is 11.6 Å². The van der Waals surface area contributed by atoms with E-state index in [-0.39, 0.29) is 5.82 Å². The van der Waals surface area contributed by atoms with Gasteiger partial charge in [-0.15, -0.1) is 0 Å². The molecule has 0 aliphatic carbocycles. The first-order valence-corrected chi connectivity index (χ1v) is 13.1. The monoisotopic (exact) mass is 548 g/mol. The van der Waals surface area contributed by atoms with E-state index in [9.17, 15) is 4.39 Å². The Labute approximate surface area is 224 Å². The van der Waals surface area contributed by atoms with E-state index in [2.05, 4.69) is 13.8 Å². The van der Waals surface area contributed by atoms with Gasteiger partial charge in [0.25, 0.3) is 0 Å². The van der Waals surface area contributed by atoms with Crippen LogP contribution in [-0.2, 0) is 5.41 Å². The Morgan fingerprint density at radius 1 is 0.943 bits per heavy atom. The van der Waals surface area contributed by atoms with Crippen molar-refractivity contribution < 1.29 is 9.13 Å². The quantitative estimate of drug-likeness (QED) is 0.162. The SMILES string of the molecule is Cc1ccc(Cl)c(OCCSc2ncc(C(C)(C)c3ccc(Cl)c(Cl)c3)n2-c2ccc(F)cc2)c1. The van der Waals surface area contributed by atoms with Crippen molar-refractivity contribution in [2.75, 3.05) is 12.4 Å². The largest absolute Gasteiger partial charge is 0.491 e. The molecule has 3 nitrogen and oxygen atoms in total. The van der Waals surface area contributed by atoms with Crippen LogP contribution in [0.15, 0.2) is 72.0 Å². The molecule has 0 bridgehead atoms. The number of imidazole rings is 1. The summed E-state index contributed by atoms with van der Waals surface area (Å²) < 4.78 is 21.6. The highest BCUT2D eigenvalue weighted by atomic mass is 35.5. The summed E-state index contributed by atoms with van der Waals surface area (Å²) in [5, 5.41) is 2.35. The smallest absolute Gasteiger partial charge is 0.172 e. The van der Waals surface area contributed by atoms with E-state index in [0.717, 1.165) is 27.7 Å². The number of nitrogens with zero attached hydrogens (tertiary/aromatic N) is 2. The Kier molecular flexibility index (Phi) is 8.02. The summed E-state index contributed by atoms with van der Waals surface area (Å²) in [6, 6.07) is 17.7. The van der Waals surface area contributed by atoms with Gasteiger partial charge in [-0.1, -0.05) is 72.5 Å². The highest BCUT2D eigenvalue weighted by Crippen LogP contribution is 2.38. The van der Waals surface area contributed by atoms with Crippen LogP contribution in [0.5, 0.6) is 5.75 Å². The van der Waals surface area contributed by atoms with Crippen molar-refractivity contribution >= 4 is 46.6 Å². The van der Waals surface area contributed by atoms with E-state index in [1.54, 1.807) is 30.0 Å². The molecule has 0 unspecified atom stereocenters. The summed E-state index contributed by atoms with van der Waals surface area (Å²) in [6.45, 7) is 6.64. The lowest BCUT2D eigenvalue weighted by Crippen LogP contribution is -2.23. The van der Waals surface area contributed by atoms with E-state index in [1.165, 1.54) is 12.1 Å². The third-order valence-electron chi connectivity index (χ3n) is 5.75. The van der Waals surface area contributed by atoms with Gasteiger partial charge in [0.05, 0.1) is 33.6 Å². The van der Waals surface area contributed by atoms with Crippen molar-refractivity contribution in [3.63, 3.8) is 0 Å². The average molecular weight is 550 g/mol. The zero-order valence-corrected chi connectivity index (χ0v) is 22.6. The number of benzene rings is 3. The maximum Gasteiger partial charge on any atom is 0.172 e. The second-order valence-electron chi connectivity index (χ2n) is 8.62. The highest BCUT2D eigenvalue weighted by molar-refractivity contribution is 7.99. The van der Waals surface area contributed by atoms with Crippen molar-refractivity contribution in [1.29, 1.82) is 0 Å². The van der Waals surface area contributed by atoms with Gasteiger partial charge in [-0.2, -0.15) is 0 Å². The number of aryl methyl sites for hydroxylation is 1. The molecule has 0 aliphatic heterocycles. The van der Waals surface area contributed by atoms with Crippen molar-refractivity contribution in [3.05, 3.63) is 105 Å². The first-order chi connectivity index (χ1) is 16.7. The Morgan fingerprint density at radius 2 is 1.66 bits per heavy atom. The summed E-state index contributed by atoms with van der Waals surface area (Å²) >= 11 is 20.3. The predicted molar refractivity (Wildman–Crippen MR) is 145 cm³/mol. The molecule has 1 aromatic heterocycles. The van der Waals surface area contributed by atoms with Crippen LogP contribution < -0.4 is 4.74 Å². The zero-order chi connectivity index (χ0) is 25.2. The highest BCUT2D eigenvalue weighted by Gasteiger charge is 2.30.